The Bertz CT molecular complexity index is 751. The number of H-pyrrole nitrogens is 1. The number of aryl methyl sites for hydroxylation is 1. The number of nitrogens with two attached hydrogens (primary N) is 1. The van der Waals surface area contributed by atoms with Crippen LogP contribution in [0.25, 0.3) is 0 Å². The first-order valence-electron chi connectivity index (χ1n) is 5.00. The predicted molar refractivity (Wildman–Crippen MR) is 67.3 cm³/mol. The second kappa shape index (κ2) is 5.02. The Morgan fingerprint density at radius 3 is 2.95 bits per heavy atom. The summed E-state index contributed by atoms with van der Waals surface area (Å²) in [6, 6.07) is 1.53. The van der Waals surface area contributed by atoms with E-state index in [1.807, 2.05) is 0 Å². The Balaban J connectivity index is 2.48. The number of rotatable bonds is 3. The molecule has 0 atom stereocenters. The fraction of sp³-hybridized carbons (Fsp3) is 0.111. The van der Waals surface area contributed by atoms with E-state index < -0.39 is 11.1 Å². The second-order valence-electron chi connectivity index (χ2n) is 3.47. The quantitative estimate of drug-likeness (QED) is 0.359. The molecule has 0 aliphatic carbocycles. The van der Waals surface area contributed by atoms with E-state index in [0.717, 1.165) is 11.8 Å². The maximum atomic E-state index is 11.2. The third-order valence-corrected chi connectivity index (χ3v) is 3.16. The van der Waals surface area contributed by atoms with E-state index in [1.165, 1.54) is 24.0 Å². The molecule has 2 aromatic rings. The van der Waals surface area contributed by atoms with Gasteiger partial charge in [-0.1, -0.05) is 0 Å². The van der Waals surface area contributed by atoms with E-state index in [-0.39, 0.29) is 11.0 Å². The number of nitrogen functional groups attached to an aromatic ring is 1. The van der Waals surface area contributed by atoms with Gasteiger partial charge in [-0.3, -0.25) is 24.8 Å². The third kappa shape index (κ3) is 2.68. The van der Waals surface area contributed by atoms with Gasteiger partial charge in [0.2, 0.25) is 0 Å². The van der Waals surface area contributed by atoms with E-state index in [4.69, 9.17) is 11.1 Å². The first-order valence-corrected chi connectivity index (χ1v) is 5.82. The standard InChI is InChI=1S/C9H9N7O2S/c1-16-9(13-6(17)7(18)15-16)19-8-4(5(10)11)2-3-12-14-8/h2-3H,1H3,(H3,10,11)(H,15,18). The monoisotopic (exact) mass is 279 g/mol. The van der Waals surface area contributed by atoms with Gasteiger partial charge in [0.15, 0.2) is 5.16 Å². The van der Waals surface area contributed by atoms with Crippen molar-refractivity contribution in [2.45, 2.75) is 10.2 Å². The molecule has 0 aliphatic heterocycles. The molecule has 0 saturated heterocycles. The molecule has 4 N–H and O–H groups in total. The van der Waals surface area contributed by atoms with Crippen LogP contribution >= 0.6 is 11.8 Å². The number of aromatic nitrogens is 5. The van der Waals surface area contributed by atoms with Crippen molar-refractivity contribution in [2.24, 2.45) is 12.8 Å². The lowest BCUT2D eigenvalue weighted by atomic mass is 10.3. The highest BCUT2D eigenvalue weighted by molar-refractivity contribution is 7.99. The lowest BCUT2D eigenvalue weighted by Crippen LogP contribution is -2.33. The number of nitrogens with zero attached hydrogens (tertiary/aromatic N) is 4. The van der Waals surface area contributed by atoms with Gasteiger partial charge in [0, 0.05) is 7.05 Å². The number of aromatic amines is 1. The normalized spacial score (nSPS) is 10.4. The summed E-state index contributed by atoms with van der Waals surface area (Å²) in [5.41, 5.74) is 4.09. The number of amidine groups is 1. The minimum Gasteiger partial charge on any atom is -0.384 e. The summed E-state index contributed by atoms with van der Waals surface area (Å²) in [6.45, 7) is 0. The molecule has 2 rings (SSSR count). The minimum absolute atomic E-state index is 0.174. The van der Waals surface area contributed by atoms with E-state index >= 15 is 0 Å². The SMILES string of the molecule is Cn1[nH]c(=O)c(=O)nc1Sc1nnccc1C(=N)N. The van der Waals surface area contributed by atoms with Crippen LogP contribution in [-0.4, -0.2) is 30.8 Å². The van der Waals surface area contributed by atoms with Gasteiger partial charge in [0.1, 0.15) is 10.9 Å². The molecule has 0 aliphatic rings. The summed E-state index contributed by atoms with van der Waals surface area (Å²) < 4.78 is 1.28. The van der Waals surface area contributed by atoms with Crippen molar-refractivity contribution in [2.75, 3.05) is 0 Å². The summed E-state index contributed by atoms with van der Waals surface area (Å²) in [5.74, 6) is -0.174. The molecular formula is C9H9N7O2S. The lowest BCUT2D eigenvalue weighted by molar-refractivity contribution is 0.596. The highest BCUT2D eigenvalue weighted by Gasteiger charge is 2.12. The Hall–Kier alpha value is -2.49. The Labute approximate surface area is 110 Å². The molecule has 0 spiro atoms. The van der Waals surface area contributed by atoms with Crippen LogP contribution in [0.2, 0.25) is 0 Å². The highest BCUT2D eigenvalue weighted by atomic mass is 32.2. The van der Waals surface area contributed by atoms with E-state index in [0.29, 0.717) is 10.6 Å². The largest absolute Gasteiger partial charge is 0.384 e. The summed E-state index contributed by atoms with van der Waals surface area (Å²) in [5, 5.41) is 17.8. The van der Waals surface area contributed by atoms with Crippen molar-refractivity contribution in [3.05, 3.63) is 38.5 Å². The molecule has 0 unspecified atom stereocenters. The molecule has 0 radical (unpaired) electrons. The van der Waals surface area contributed by atoms with Crippen molar-refractivity contribution in [1.29, 1.82) is 5.41 Å². The third-order valence-electron chi connectivity index (χ3n) is 2.11. The molecule has 0 aromatic carbocycles. The molecule has 0 bridgehead atoms. The molecular weight excluding hydrogens is 270 g/mol. The molecule has 19 heavy (non-hydrogen) atoms. The van der Waals surface area contributed by atoms with Crippen LogP contribution in [0.4, 0.5) is 0 Å². The van der Waals surface area contributed by atoms with Crippen molar-refractivity contribution in [1.82, 2.24) is 25.0 Å². The number of hydrogen-bond acceptors (Lipinski definition) is 7. The fourth-order valence-corrected chi connectivity index (χ4v) is 2.10. The Kier molecular flexibility index (Phi) is 3.42. The van der Waals surface area contributed by atoms with Gasteiger partial charge < -0.3 is 5.73 Å². The first kappa shape index (κ1) is 13.0. The van der Waals surface area contributed by atoms with Crippen LogP contribution < -0.4 is 16.9 Å². The molecule has 2 aromatic heterocycles. The zero-order chi connectivity index (χ0) is 14.0. The van der Waals surface area contributed by atoms with Crippen LogP contribution in [0.15, 0.2) is 32.0 Å². The average Bonchev–Trinajstić information content (AvgIpc) is 2.36. The average molecular weight is 279 g/mol. The maximum absolute atomic E-state index is 11.2. The zero-order valence-electron chi connectivity index (χ0n) is 9.75. The van der Waals surface area contributed by atoms with Crippen molar-refractivity contribution >= 4 is 17.6 Å². The topological polar surface area (TPSA) is 143 Å². The van der Waals surface area contributed by atoms with Gasteiger partial charge in [0.25, 0.3) is 0 Å². The molecule has 2 heterocycles. The smallest absolute Gasteiger partial charge is 0.339 e. The maximum Gasteiger partial charge on any atom is 0.339 e. The Morgan fingerprint density at radius 2 is 2.26 bits per heavy atom. The van der Waals surface area contributed by atoms with Crippen molar-refractivity contribution in [3.63, 3.8) is 0 Å². The molecule has 0 saturated carbocycles. The molecule has 9 nitrogen and oxygen atoms in total. The number of nitrogens with one attached hydrogen (secondary N) is 2. The van der Waals surface area contributed by atoms with Crippen LogP contribution in [-0.2, 0) is 7.05 Å². The van der Waals surface area contributed by atoms with Gasteiger partial charge >= 0.3 is 11.1 Å². The van der Waals surface area contributed by atoms with Crippen LogP contribution in [0, 0.1) is 5.41 Å². The van der Waals surface area contributed by atoms with Gasteiger partial charge in [0.05, 0.1) is 11.8 Å². The van der Waals surface area contributed by atoms with Gasteiger partial charge in [-0.2, -0.15) is 10.1 Å². The first-order chi connectivity index (χ1) is 8.99. The summed E-state index contributed by atoms with van der Waals surface area (Å²) in [4.78, 5) is 25.9. The molecule has 98 valence electrons. The second-order valence-corrected chi connectivity index (χ2v) is 4.42. The summed E-state index contributed by atoms with van der Waals surface area (Å²) in [6.07, 6.45) is 1.40. The number of hydrogen-bond donors (Lipinski definition) is 3. The Morgan fingerprint density at radius 1 is 1.53 bits per heavy atom. The predicted octanol–water partition coefficient (Wildman–Crippen LogP) is -1.31. The van der Waals surface area contributed by atoms with E-state index in [9.17, 15) is 9.59 Å². The molecule has 10 heteroatoms. The van der Waals surface area contributed by atoms with Gasteiger partial charge in [-0.25, -0.2) is 0 Å². The van der Waals surface area contributed by atoms with Crippen LogP contribution in [0.5, 0.6) is 0 Å². The molecule has 0 fully saturated rings. The highest BCUT2D eigenvalue weighted by Crippen LogP contribution is 2.24. The van der Waals surface area contributed by atoms with Crippen LogP contribution in [0.1, 0.15) is 5.56 Å². The fourth-order valence-electron chi connectivity index (χ4n) is 1.24. The summed E-state index contributed by atoms with van der Waals surface area (Å²) in [7, 11) is 1.53. The van der Waals surface area contributed by atoms with Gasteiger partial charge in [-0.15, -0.1) is 5.10 Å². The van der Waals surface area contributed by atoms with Crippen LogP contribution in [0.3, 0.4) is 0 Å². The van der Waals surface area contributed by atoms with Crippen molar-refractivity contribution in [3.8, 4) is 0 Å². The lowest BCUT2D eigenvalue weighted by Gasteiger charge is -2.07. The van der Waals surface area contributed by atoms with Crippen molar-refractivity contribution < 1.29 is 0 Å². The van der Waals surface area contributed by atoms with E-state index in [1.54, 1.807) is 0 Å². The minimum atomic E-state index is -0.895. The van der Waals surface area contributed by atoms with Gasteiger partial charge in [-0.05, 0) is 17.8 Å². The zero-order valence-corrected chi connectivity index (χ0v) is 10.6. The molecule has 0 amide bonds. The van der Waals surface area contributed by atoms with E-state index in [2.05, 4.69) is 20.3 Å². The summed E-state index contributed by atoms with van der Waals surface area (Å²) >= 11 is 0.979.